The molecule has 0 saturated carbocycles. The highest BCUT2D eigenvalue weighted by Gasteiger charge is 2.41. The number of hydrogen-bond acceptors (Lipinski definition) is 6. The molecule has 1 aliphatic heterocycles. The van der Waals surface area contributed by atoms with Gasteiger partial charge >= 0.3 is 5.97 Å². The van der Waals surface area contributed by atoms with Gasteiger partial charge in [-0.25, -0.2) is 13.2 Å². The van der Waals surface area contributed by atoms with Crippen LogP contribution in [0.4, 0.5) is 5.69 Å². The molecule has 0 aromatic heterocycles. The maximum absolute atomic E-state index is 13.0. The number of cyclic esters (lactones) is 1. The van der Waals surface area contributed by atoms with Gasteiger partial charge in [-0.15, -0.1) is 0 Å². The zero-order chi connectivity index (χ0) is 18.2. The normalized spacial score (nSPS) is 17.5. The molecule has 7 nitrogen and oxygen atoms in total. The summed E-state index contributed by atoms with van der Waals surface area (Å²) in [6, 6.07) is 13.1. The van der Waals surface area contributed by atoms with Crippen molar-refractivity contribution in [1.82, 2.24) is 0 Å². The number of sulfone groups is 1. The fourth-order valence-corrected chi connectivity index (χ4v) is 4.31. The second kappa shape index (κ2) is 6.14. The average molecular weight is 359 g/mol. The lowest BCUT2D eigenvalue weighted by Gasteiger charge is -2.15. The van der Waals surface area contributed by atoms with Gasteiger partial charge in [0.15, 0.2) is 6.10 Å². The summed E-state index contributed by atoms with van der Waals surface area (Å²) in [5, 5.41) is 10.7. The number of non-ortho nitro benzene ring substituents is 1. The molecular weight excluding hydrogens is 346 g/mol. The molecule has 1 aliphatic rings. The first-order chi connectivity index (χ1) is 11.8. The quantitative estimate of drug-likeness (QED) is 0.472. The van der Waals surface area contributed by atoms with Crippen LogP contribution in [0, 0.1) is 10.1 Å². The third-order valence-electron chi connectivity index (χ3n) is 3.89. The van der Waals surface area contributed by atoms with E-state index >= 15 is 0 Å². The van der Waals surface area contributed by atoms with Crippen LogP contribution in [-0.4, -0.2) is 19.3 Å². The molecule has 0 fully saturated rings. The number of rotatable bonds is 4. The van der Waals surface area contributed by atoms with E-state index in [0.29, 0.717) is 5.56 Å². The second-order valence-corrected chi connectivity index (χ2v) is 7.36. The summed E-state index contributed by atoms with van der Waals surface area (Å²) in [6.07, 6.45) is -1.03. The van der Waals surface area contributed by atoms with Gasteiger partial charge < -0.3 is 4.74 Å². The van der Waals surface area contributed by atoms with Gasteiger partial charge in [-0.05, 0) is 24.6 Å². The molecule has 0 saturated heterocycles. The third kappa shape index (κ3) is 2.91. The second-order valence-electron chi connectivity index (χ2n) is 5.44. The number of nitrogens with zero attached hydrogens (tertiary/aromatic N) is 1. The Balaban J connectivity index is 2.10. The van der Waals surface area contributed by atoms with E-state index < -0.39 is 26.8 Å². The highest BCUT2D eigenvalue weighted by Crippen LogP contribution is 2.41. The summed E-state index contributed by atoms with van der Waals surface area (Å²) in [5.74, 6) is -0.700. The largest absolute Gasteiger partial charge is 0.448 e. The van der Waals surface area contributed by atoms with E-state index in [0.717, 1.165) is 24.3 Å². The van der Waals surface area contributed by atoms with E-state index in [9.17, 15) is 23.3 Å². The van der Waals surface area contributed by atoms with Gasteiger partial charge in [-0.2, -0.15) is 0 Å². The van der Waals surface area contributed by atoms with Gasteiger partial charge in [0.1, 0.15) is 4.91 Å². The van der Waals surface area contributed by atoms with E-state index in [2.05, 4.69) is 0 Å². The Kier molecular flexibility index (Phi) is 4.13. The van der Waals surface area contributed by atoms with Gasteiger partial charge in [-0.3, -0.25) is 10.1 Å². The van der Waals surface area contributed by atoms with Crippen molar-refractivity contribution < 1.29 is 22.9 Å². The zero-order valence-electron chi connectivity index (χ0n) is 13.1. The van der Waals surface area contributed by atoms with E-state index in [1.54, 1.807) is 30.3 Å². The van der Waals surface area contributed by atoms with E-state index in [4.69, 9.17) is 4.74 Å². The van der Waals surface area contributed by atoms with Crippen molar-refractivity contribution in [3.05, 3.63) is 80.8 Å². The molecule has 1 atom stereocenters. The minimum absolute atomic E-state index is 0.00667. The van der Waals surface area contributed by atoms with Gasteiger partial charge in [0.25, 0.3) is 5.69 Å². The van der Waals surface area contributed by atoms with Crippen molar-refractivity contribution in [1.29, 1.82) is 0 Å². The molecule has 0 N–H and O–H groups in total. The van der Waals surface area contributed by atoms with Crippen LogP contribution < -0.4 is 0 Å². The van der Waals surface area contributed by atoms with Crippen LogP contribution in [0.2, 0.25) is 0 Å². The van der Waals surface area contributed by atoms with Crippen molar-refractivity contribution in [3.8, 4) is 0 Å². The van der Waals surface area contributed by atoms with Crippen LogP contribution in [0.3, 0.4) is 0 Å². The van der Waals surface area contributed by atoms with E-state index in [1.807, 2.05) is 0 Å². The van der Waals surface area contributed by atoms with E-state index in [-0.39, 0.29) is 21.1 Å². The molecule has 2 aromatic rings. The average Bonchev–Trinajstić information content (AvgIpc) is 2.91. The molecule has 0 amide bonds. The highest BCUT2D eigenvalue weighted by atomic mass is 32.2. The smallest absolute Gasteiger partial charge is 0.335 e. The van der Waals surface area contributed by atoms with Crippen LogP contribution in [0.15, 0.2) is 70.0 Å². The van der Waals surface area contributed by atoms with Crippen LogP contribution in [0.5, 0.6) is 0 Å². The van der Waals surface area contributed by atoms with Crippen molar-refractivity contribution in [3.63, 3.8) is 0 Å². The minimum Gasteiger partial charge on any atom is -0.448 e. The number of benzene rings is 2. The molecule has 3 rings (SSSR count). The lowest BCUT2D eigenvalue weighted by atomic mass is 10.1. The Morgan fingerprint density at radius 2 is 1.64 bits per heavy atom. The number of nitro benzene ring substituents is 1. The molecule has 8 heteroatoms. The molecule has 0 spiro atoms. The molecular formula is C17H13NO6S. The predicted octanol–water partition coefficient (Wildman–Crippen LogP) is 2.94. The number of carbonyl (C=O) groups excluding carboxylic acids is 1. The topological polar surface area (TPSA) is 104 Å². The van der Waals surface area contributed by atoms with Crippen molar-refractivity contribution >= 4 is 21.5 Å². The van der Waals surface area contributed by atoms with Crippen LogP contribution in [-0.2, 0) is 19.4 Å². The summed E-state index contributed by atoms with van der Waals surface area (Å²) in [6.45, 7) is 1.39. The zero-order valence-corrected chi connectivity index (χ0v) is 13.9. The van der Waals surface area contributed by atoms with Gasteiger partial charge in [0.05, 0.1) is 15.4 Å². The van der Waals surface area contributed by atoms with Crippen LogP contribution >= 0.6 is 0 Å². The molecule has 128 valence electrons. The molecule has 1 heterocycles. The molecule has 0 bridgehead atoms. The van der Waals surface area contributed by atoms with Gasteiger partial charge in [0.2, 0.25) is 9.84 Å². The number of esters is 1. The molecule has 0 aliphatic carbocycles. The summed E-state index contributed by atoms with van der Waals surface area (Å²) in [7, 11) is -4.05. The molecule has 0 unspecified atom stereocenters. The predicted molar refractivity (Wildman–Crippen MR) is 88.3 cm³/mol. The Hall–Kier alpha value is -3.00. The monoisotopic (exact) mass is 359 g/mol. The van der Waals surface area contributed by atoms with Gasteiger partial charge in [0, 0.05) is 12.1 Å². The number of carbonyl (C=O) groups is 1. The van der Waals surface area contributed by atoms with Crippen LogP contribution in [0.25, 0.3) is 0 Å². The Bertz CT molecular complexity index is 978. The van der Waals surface area contributed by atoms with E-state index in [1.165, 1.54) is 6.92 Å². The Morgan fingerprint density at radius 3 is 2.20 bits per heavy atom. The van der Waals surface area contributed by atoms with Gasteiger partial charge in [-0.1, -0.05) is 30.3 Å². The summed E-state index contributed by atoms with van der Waals surface area (Å²) in [4.78, 5) is 21.8. The highest BCUT2D eigenvalue weighted by molar-refractivity contribution is 7.95. The van der Waals surface area contributed by atoms with Crippen LogP contribution in [0.1, 0.15) is 18.6 Å². The Morgan fingerprint density at radius 1 is 1.04 bits per heavy atom. The SMILES string of the molecule is CC1=C(S(=O)(=O)c2ccc([N+](=O)[O-])cc2)[C@H](c2ccccc2)OC1=O. The Labute approximate surface area is 143 Å². The van der Waals surface area contributed by atoms with Crippen molar-refractivity contribution in [2.45, 2.75) is 17.9 Å². The molecule has 0 radical (unpaired) electrons. The first-order valence-corrected chi connectivity index (χ1v) is 8.77. The maximum atomic E-state index is 13.0. The number of ether oxygens (including phenoxy) is 1. The lowest BCUT2D eigenvalue weighted by molar-refractivity contribution is -0.384. The maximum Gasteiger partial charge on any atom is 0.335 e. The number of nitro groups is 1. The fourth-order valence-electron chi connectivity index (χ4n) is 2.61. The fraction of sp³-hybridized carbons (Fsp3) is 0.118. The summed E-state index contributed by atoms with van der Waals surface area (Å²) in [5.41, 5.74) is 0.323. The first-order valence-electron chi connectivity index (χ1n) is 7.28. The summed E-state index contributed by atoms with van der Waals surface area (Å²) >= 11 is 0. The third-order valence-corrected chi connectivity index (χ3v) is 5.88. The van der Waals surface area contributed by atoms with Crippen molar-refractivity contribution in [2.24, 2.45) is 0 Å². The standard InChI is InChI=1S/C17H13NO6S/c1-11-16(15(24-17(11)19)12-5-3-2-4-6-12)25(22,23)14-9-7-13(8-10-14)18(20)21/h2-10,15H,1H3/t15-/m0/s1. The number of hydrogen-bond donors (Lipinski definition) is 0. The lowest BCUT2D eigenvalue weighted by Crippen LogP contribution is -2.12. The minimum atomic E-state index is -4.05. The molecule has 2 aromatic carbocycles. The van der Waals surface area contributed by atoms with Crippen molar-refractivity contribution in [2.75, 3.05) is 0 Å². The summed E-state index contributed by atoms with van der Waals surface area (Å²) < 4.78 is 31.2. The molecule has 25 heavy (non-hydrogen) atoms. The first kappa shape index (κ1) is 16.8.